The maximum Gasteiger partial charge on any atom is 0.255 e. The fourth-order valence-electron chi connectivity index (χ4n) is 3.46. The molecule has 0 aliphatic carbocycles. The molecule has 2 heterocycles. The third kappa shape index (κ3) is 3.01. The van der Waals surface area contributed by atoms with Crippen LogP contribution in [0.2, 0.25) is 0 Å². The summed E-state index contributed by atoms with van der Waals surface area (Å²) >= 11 is 0. The van der Waals surface area contributed by atoms with E-state index in [1.165, 1.54) is 6.07 Å². The largest absolute Gasteiger partial charge is 0.485 e. The van der Waals surface area contributed by atoms with Crippen LogP contribution in [0.3, 0.4) is 0 Å². The Morgan fingerprint density at radius 2 is 2.12 bits per heavy atom. The molecule has 25 heavy (non-hydrogen) atoms. The standard InChI is InChI=1S/C19H24FN3O2/c1-5-13(6-2)23-11(3)15(10-21-23)19(24)22-17-12(4)25-18-14(17)8-7-9-16(18)20/h7-10,12-13,17H,5-6H2,1-4H3,(H,22,24)/t12-,17+/m1/s1. The molecule has 1 aliphatic heterocycles. The summed E-state index contributed by atoms with van der Waals surface area (Å²) < 4.78 is 21.4. The molecule has 2 atom stereocenters. The van der Waals surface area contributed by atoms with E-state index in [2.05, 4.69) is 24.3 Å². The zero-order valence-electron chi connectivity index (χ0n) is 15.0. The van der Waals surface area contributed by atoms with Crippen molar-refractivity contribution in [2.75, 3.05) is 0 Å². The van der Waals surface area contributed by atoms with E-state index in [1.807, 2.05) is 18.5 Å². The summed E-state index contributed by atoms with van der Waals surface area (Å²) in [5.74, 6) is -0.393. The van der Waals surface area contributed by atoms with Crippen molar-refractivity contribution in [2.45, 2.75) is 58.7 Å². The van der Waals surface area contributed by atoms with Gasteiger partial charge in [0.2, 0.25) is 0 Å². The Bertz CT molecular complexity index is 783. The lowest BCUT2D eigenvalue weighted by Crippen LogP contribution is -2.34. The van der Waals surface area contributed by atoms with Gasteiger partial charge in [0.1, 0.15) is 6.10 Å². The van der Waals surface area contributed by atoms with Gasteiger partial charge >= 0.3 is 0 Å². The number of carbonyl (C=O) groups is 1. The SMILES string of the molecule is CCC(CC)n1ncc(C(=O)N[C@@H]2c3cccc(F)c3O[C@@H]2C)c1C. The van der Waals surface area contributed by atoms with Crippen LogP contribution in [0.15, 0.2) is 24.4 Å². The van der Waals surface area contributed by atoms with Crippen LogP contribution in [0.5, 0.6) is 5.75 Å². The molecule has 1 aliphatic rings. The van der Waals surface area contributed by atoms with Crippen LogP contribution in [-0.4, -0.2) is 21.8 Å². The van der Waals surface area contributed by atoms with Gasteiger partial charge in [-0.15, -0.1) is 0 Å². The number of hydrogen-bond acceptors (Lipinski definition) is 3. The molecule has 0 saturated carbocycles. The van der Waals surface area contributed by atoms with Crippen LogP contribution in [0.25, 0.3) is 0 Å². The number of benzene rings is 1. The minimum Gasteiger partial charge on any atom is -0.485 e. The fraction of sp³-hybridized carbons (Fsp3) is 0.474. The van der Waals surface area contributed by atoms with E-state index in [0.717, 1.165) is 18.5 Å². The molecule has 0 fully saturated rings. The van der Waals surface area contributed by atoms with E-state index in [4.69, 9.17) is 4.74 Å². The first-order chi connectivity index (χ1) is 12.0. The third-order valence-electron chi connectivity index (χ3n) is 4.97. The van der Waals surface area contributed by atoms with Gasteiger partial charge in [-0.2, -0.15) is 5.10 Å². The molecule has 2 aromatic rings. The van der Waals surface area contributed by atoms with Crippen LogP contribution < -0.4 is 10.1 Å². The Kier molecular flexibility index (Phi) is 4.79. The maximum absolute atomic E-state index is 13.9. The van der Waals surface area contributed by atoms with E-state index < -0.39 is 5.82 Å². The lowest BCUT2D eigenvalue weighted by Gasteiger charge is -2.18. The topological polar surface area (TPSA) is 56.2 Å². The molecule has 1 amide bonds. The first-order valence-corrected chi connectivity index (χ1v) is 8.77. The number of aromatic nitrogens is 2. The summed E-state index contributed by atoms with van der Waals surface area (Å²) in [4.78, 5) is 12.8. The zero-order valence-corrected chi connectivity index (χ0v) is 15.0. The maximum atomic E-state index is 13.9. The second kappa shape index (κ2) is 6.86. The molecule has 0 spiro atoms. The number of fused-ring (bicyclic) bond motifs is 1. The molecule has 1 aromatic heterocycles. The molecule has 3 rings (SSSR count). The normalized spacial score (nSPS) is 19.0. The molecule has 0 unspecified atom stereocenters. The van der Waals surface area contributed by atoms with Crippen molar-refractivity contribution in [1.29, 1.82) is 0 Å². The summed E-state index contributed by atoms with van der Waals surface area (Å²) in [5.41, 5.74) is 2.06. The number of amides is 1. The summed E-state index contributed by atoms with van der Waals surface area (Å²) in [7, 11) is 0. The van der Waals surface area contributed by atoms with E-state index in [9.17, 15) is 9.18 Å². The van der Waals surface area contributed by atoms with Gasteiger partial charge in [0.25, 0.3) is 5.91 Å². The molecule has 6 heteroatoms. The van der Waals surface area contributed by atoms with E-state index in [1.54, 1.807) is 18.3 Å². The van der Waals surface area contributed by atoms with Gasteiger partial charge in [-0.05, 0) is 32.8 Å². The van der Waals surface area contributed by atoms with Crippen LogP contribution >= 0.6 is 0 Å². The summed E-state index contributed by atoms with van der Waals surface area (Å²) in [6, 6.07) is 4.68. The van der Waals surface area contributed by atoms with Crippen LogP contribution in [0.4, 0.5) is 4.39 Å². The summed E-state index contributed by atoms with van der Waals surface area (Å²) in [6.45, 7) is 7.95. The lowest BCUT2D eigenvalue weighted by molar-refractivity contribution is 0.0906. The highest BCUT2D eigenvalue weighted by atomic mass is 19.1. The monoisotopic (exact) mass is 345 g/mol. The molecule has 5 nitrogen and oxygen atoms in total. The van der Waals surface area contributed by atoms with Gasteiger partial charge in [0, 0.05) is 11.3 Å². The zero-order chi connectivity index (χ0) is 18.1. The van der Waals surface area contributed by atoms with Crippen molar-refractivity contribution >= 4 is 5.91 Å². The molecular weight excluding hydrogens is 321 g/mol. The fourth-order valence-corrected chi connectivity index (χ4v) is 3.46. The Hall–Kier alpha value is -2.37. The Morgan fingerprint density at radius 3 is 2.80 bits per heavy atom. The number of nitrogens with zero attached hydrogens (tertiary/aromatic N) is 2. The van der Waals surface area contributed by atoms with Gasteiger partial charge in [-0.25, -0.2) is 4.39 Å². The van der Waals surface area contributed by atoms with E-state index in [0.29, 0.717) is 11.1 Å². The number of ether oxygens (including phenoxy) is 1. The van der Waals surface area contributed by atoms with Crippen molar-refractivity contribution in [3.8, 4) is 5.75 Å². The highest BCUT2D eigenvalue weighted by Gasteiger charge is 2.35. The minimum absolute atomic E-state index is 0.215. The van der Waals surface area contributed by atoms with Crippen molar-refractivity contribution in [2.24, 2.45) is 0 Å². The van der Waals surface area contributed by atoms with E-state index >= 15 is 0 Å². The van der Waals surface area contributed by atoms with Crippen molar-refractivity contribution in [3.05, 3.63) is 47.0 Å². The van der Waals surface area contributed by atoms with Gasteiger partial charge in [-0.1, -0.05) is 26.0 Å². The predicted octanol–water partition coefficient (Wildman–Crippen LogP) is 3.94. The Balaban J connectivity index is 1.84. The second-order valence-corrected chi connectivity index (χ2v) is 6.49. The molecule has 1 N–H and O–H groups in total. The first-order valence-electron chi connectivity index (χ1n) is 8.77. The molecule has 0 bridgehead atoms. The van der Waals surface area contributed by atoms with Crippen molar-refractivity contribution in [1.82, 2.24) is 15.1 Å². The number of carbonyl (C=O) groups excluding carboxylic acids is 1. The highest BCUT2D eigenvalue weighted by Crippen LogP contribution is 2.38. The van der Waals surface area contributed by atoms with Gasteiger partial charge in [0.05, 0.1) is 23.8 Å². The van der Waals surface area contributed by atoms with Gasteiger partial charge in [0.15, 0.2) is 11.6 Å². The average molecular weight is 345 g/mol. The highest BCUT2D eigenvalue weighted by molar-refractivity contribution is 5.95. The molecular formula is C19H24FN3O2. The Morgan fingerprint density at radius 1 is 1.40 bits per heavy atom. The van der Waals surface area contributed by atoms with Gasteiger partial charge < -0.3 is 10.1 Å². The number of para-hydroxylation sites is 1. The number of hydrogen-bond donors (Lipinski definition) is 1. The summed E-state index contributed by atoms with van der Waals surface area (Å²) in [5, 5.41) is 7.37. The van der Waals surface area contributed by atoms with Crippen molar-refractivity contribution < 1.29 is 13.9 Å². The smallest absolute Gasteiger partial charge is 0.255 e. The first kappa shape index (κ1) is 17.5. The molecule has 0 radical (unpaired) electrons. The van der Waals surface area contributed by atoms with Crippen LogP contribution in [-0.2, 0) is 0 Å². The number of rotatable bonds is 5. The average Bonchev–Trinajstić information content (AvgIpc) is 3.12. The van der Waals surface area contributed by atoms with Crippen LogP contribution in [0.1, 0.15) is 67.3 Å². The molecule has 1 aromatic carbocycles. The van der Waals surface area contributed by atoms with E-state index in [-0.39, 0.29) is 29.8 Å². The minimum atomic E-state index is -0.404. The van der Waals surface area contributed by atoms with Gasteiger partial charge in [-0.3, -0.25) is 9.48 Å². The third-order valence-corrected chi connectivity index (χ3v) is 4.97. The predicted molar refractivity (Wildman–Crippen MR) is 93.3 cm³/mol. The Labute approximate surface area is 147 Å². The molecule has 134 valence electrons. The number of nitrogens with one attached hydrogen (secondary N) is 1. The van der Waals surface area contributed by atoms with Crippen LogP contribution in [0, 0.1) is 12.7 Å². The lowest BCUT2D eigenvalue weighted by atomic mass is 10.0. The quantitative estimate of drug-likeness (QED) is 0.893. The summed E-state index contributed by atoms with van der Waals surface area (Å²) in [6.07, 6.45) is 3.20. The second-order valence-electron chi connectivity index (χ2n) is 6.49. The van der Waals surface area contributed by atoms with Crippen molar-refractivity contribution in [3.63, 3.8) is 0 Å². The number of halogens is 1. The molecule has 0 saturated heterocycles.